The van der Waals surface area contributed by atoms with E-state index in [-0.39, 0.29) is 12.2 Å². The lowest BCUT2D eigenvalue weighted by molar-refractivity contribution is 0.0983. The molecule has 0 bridgehead atoms. The molecule has 0 aliphatic carbocycles. The molecule has 0 fully saturated rings. The smallest absolute Gasteiger partial charge is 0.234 e. The van der Waals surface area contributed by atoms with Crippen LogP contribution in [0.2, 0.25) is 0 Å². The number of nitrogens with zero attached hydrogens (tertiary/aromatic N) is 3. The number of hydrogen-bond donors (Lipinski definition) is 0. The molecule has 5 nitrogen and oxygen atoms in total. The van der Waals surface area contributed by atoms with E-state index in [2.05, 4.69) is 31.1 Å². The first-order valence-electron chi connectivity index (χ1n) is 6.24. The zero-order chi connectivity index (χ0) is 14.7. The third kappa shape index (κ3) is 3.22. The van der Waals surface area contributed by atoms with Gasteiger partial charge >= 0.3 is 0 Å². The second-order valence-electron chi connectivity index (χ2n) is 4.37. The summed E-state index contributed by atoms with van der Waals surface area (Å²) in [5, 5.41) is 3.88. The first kappa shape index (κ1) is 13.6. The molecule has 3 aromatic rings. The van der Waals surface area contributed by atoms with E-state index in [1.165, 1.54) is 0 Å². The molecule has 21 heavy (non-hydrogen) atoms. The average Bonchev–Trinajstić information content (AvgIpc) is 2.97. The van der Waals surface area contributed by atoms with E-state index >= 15 is 0 Å². The molecular formula is C15H10BrN3O2. The average molecular weight is 344 g/mol. The lowest BCUT2D eigenvalue weighted by atomic mass is 10.1. The second kappa shape index (κ2) is 5.97. The molecule has 0 amide bonds. The minimum atomic E-state index is -0.0573. The fourth-order valence-electron chi connectivity index (χ4n) is 1.84. The first-order valence-corrected chi connectivity index (χ1v) is 7.03. The van der Waals surface area contributed by atoms with Gasteiger partial charge in [0.25, 0.3) is 0 Å². The molecule has 0 aliphatic heterocycles. The van der Waals surface area contributed by atoms with Gasteiger partial charge in [-0.05, 0) is 22.0 Å². The molecule has 0 saturated heterocycles. The van der Waals surface area contributed by atoms with Crippen molar-refractivity contribution in [2.75, 3.05) is 0 Å². The Morgan fingerprint density at radius 3 is 2.76 bits per heavy atom. The van der Waals surface area contributed by atoms with Crippen LogP contribution in [0.1, 0.15) is 16.2 Å². The minimum Gasteiger partial charge on any atom is -0.338 e. The molecule has 104 valence electrons. The number of rotatable bonds is 4. The van der Waals surface area contributed by atoms with Crippen molar-refractivity contribution in [3.05, 3.63) is 64.7 Å². The SMILES string of the molecule is O=C(Cc1nc(-c2cncc(Br)c2)no1)c1ccccc1. The molecule has 0 spiro atoms. The van der Waals surface area contributed by atoms with Gasteiger partial charge in [0.15, 0.2) is 5.78 Å². The van der Waals surface area contributed by atoms with Crippen molar-refractivity contribution in [1.82, 2.24) is 15.1 Å². The highest BCUT2D eigenvalue weighted by Gasteiger charge is 2.14. The van der Waals surface area contributed by atoms with E-state index < -0.39 is 0 Å². The maximum absolute atomic E-state index is 12.1. The zero-order valence-electron chi connectivity index (χ0n) is 10.9. The van der Waals surface area contributed by atoms with Crippen molar-refractivity contribution in [3.8, 4) is 11.4 Å². The lowest BCUT2D eigenvalue weighted by Crippen LogP contribution is -2.03. The van der Waals surface area contributed by atoms with Gasteiger partial charge in [-0.2, -0.15) is 4.98 Å². The standard InChI is InChI=1S/C15H10BrN3O2/c16-12-6-11(8-17-9-12)15-18-14(21-19-15)7-13(20)10-4-2-1-3-5-10/h1-6,8-9H,7H2. The van der Waals surface area contributed by atoms with Crippen molar-refractivity contribution in [1.29, 1.82) is 0 Å². The Morgan fingerprint density at radius 2 is 2.00 bits per heavy atom. The molecule has 0 atom stereocenters. The molecule has 6 heteroatoms. The van der Waals surface area contributed by atoms with E-state index in [4.69, 9.17) is 4.52 Å². The van der Waals surface area contributed by atoms with Gasteiger partial charge in [0.2, 0.25) is 11.7 Å². The second-order valence-corrected chi connectivity index (χ2v) is 5.29. The first-order chi connectivity index (χ1) is 10.2. The lowest BCUT2D eigenvalue weighted by Gasteiger charge is -1.96. The van der Waals surface area contributed by atoms with Crippen molar-refractivity contribution in [2.24, 2.45) is 0 Å². The number of hydrogen-bond acceptors (Lipinski definition) is 5. The Labute approximate surface area is 129 Å². The number of pyridine rings is 1. The quantitative estimate of drug-likeness (QED) is 0.679. The Hall–Kier alpha value is -2.34. The third-order valence-electron chi connectivity index (χ3n) is 2.84. The summed E-state index contributed by atoms with van der Waals surface area (Å²) >= 11 is 3.33. The molecule has 0 saturated carbocycles. The minimum absolute atomic E-state index is 0.0573. The van der Waals surface area contributed by atoms with Crippen LogP contribution in [0.15, 0.2) is 57.8 Å². The molecule has 0 N–H and O–H groups in total. The molecule has 0 radical (unpaired) electrons. The third-order valence-corrected chi connectivity index (χ3v) is 3.27. The van der Waals surface area contributed by atoms with Gasteiger partial charge < -0.3 is 4.52 Å². The number of halogens is 1. The van der Waals surface area contributed by atoms with Gasteiger partial charge in [-0.15, -0.1) is 0 Å². The van der Waals surface area contributed by atoms with E-state index in [1.807, 2.05) is 24.3 Å². The molecule has 1 aromatic carbocycles. The van der Waals surface area contributed by atoms with E-state index in [9.17, 15) is 4.79 Å². The Balaban J connectivity index is 1.78. The van der Waals surface area contributed by atoms with Crippen LogP contribution in [0.25, 0.3) is 11.4 Å². The number of benzene rings is 1. The summed E-state index contributed by atoms with van der Waals surface area (Å²) in [7, 11) is 0. The summed E-state index contributed by atoms with van der Waals surface area (Å²) in [5.41, 5.74) is 1.35. The number of aromatic nitrogens is 3. The zero-order valence-corrected chi connectivity index (χ0v) is 12.4. The van der Waals surface area contributed by atoms with Gasteiger partial charge in [0.05, 0.1) is 6.42 Å². The summed E-state index contributed by atoms with van der Waals surface area (Å²) in [6.45, 7) is 0. The largest absolute Gasteiger partial charge is 0.338 e. The Kier molecular flexibility index (Phi) is 3.87. The van der Waals surface area contributed by atoms with Gasteiger partial charge in [0.1, 0.15) is 0 Å². The van der Waals surface area contributed by atoms with Gasteiger partial charge in [0, 0.05) is 28.0 Å². The van der Waals surface area contributed by atoms with Gasteiger partial charge in [-0.1, -0.05) is 35.5 Å². The molecule has 2 aromatic heterocycles. The van der Waals surface area contributed by atoms with E-state index in [0.717, 1.165) is 10.0 Å². The highest BCUT2D eigenvalue weighted by atomic mass is 79.9. The van der Waals surface area contributed by atoms with Crippen molar-refractivity contribution >= 4 is 21.7 Å². The van der Waals surface area contributed by atoms with Crippen LogP contribution in [0, 0.1) is 0 Å². The maximum Gasteiger partial charge on any atom is 0.234 e. The van der Waals surface area contributed by atoms with Gasteiger partial charge in [-0.25, -0.2) is 0 Å². The monoisotopic (exact) mass is 343 g/mol. The summed E-state index contributed by atoms with van der Waals surface area (Å²) in [5.74, 6) is 0.650. The maximum atomic E-state index is 12.1. The normalized spacial score (nSPS) is 10.5. The Bertz CT molecular complexity index is 771. The van der Waals surface area contributed by atoms with Crippen LogP contribution in [0.4, 0.5) is 0 Å². The van der Waals surface area contributed by atoms with E-state index in [1.54, 1.807) is 24.5 Å². The van der Waals surface area contributed by atoms with Crippen LogP contribution in [0.5, 0.6) is 0 Å². The van der Waals surface area contributed by atoms with Crippen molar-refractivity contribution in [3.63, 3.8) is 0 Å². The number of carbonyl (C=O) groups is 1. The van der Waals surface area contributed by atoms with Gasteiger partial charge in [-0.3, -0.25) is 9.78 Å². The topological polar surface area (TPSA) is 68.9 Å². The van der Waals surface area contributed by atoms with Crippen LogP contribution >= 0.6 is 15.9 Å². The number of carbonyl (C=O) groups excluding carboxylic acids is 1. The summed E-state index contributed by atoms with van der Waals surface area (Å²) in [4.78, 5) is 20.3. The highest BCUT2D eigenvalue weighted by Crippen LogP contribution is 2.19. The predicted octanol–water partition coefficient (Wildman–Crippen LogP) is 3.32. The number of Topliss-reactive ketones (excluding diaryl/α,β-unsaturated/α-hetero) is 1. The van der Waals surface area contributed by atoms with E-state index in [0.29, 0.717) is 17.3 Å². The van der Waals surface area contributed by atoms with Crippen molar-refractivity contribution in [2.45, 2.75) is 6.42 Å². The fourth-order valence-corrected chi connectivity index (χ4v) is 2.21. The molecule has 0 aliphatic rings. The molecular weight excluding hydrogens is 334 g/mol. The predicted molar refractivity (Wildman–Crippen MR) is 79.7 cm³/mol. The highest BCUT2D eigenvalue weighted by molar-refractivity contribution is 9.10. The summed E-state index contributed by atoms with van der Waals surface area (Å²) < 4.78 is 5.95. The fraction of sp³-hybridized carbons (Fsp3) is 0.0667. The van der Waals surface area contributed by atoms with Crippen LogP contribution < -0.4 is 0 Å². The molecule has 2 heterocycles. The van der Waals surface area contributed by atoms with Crippen LogP contribution in [0.3, 0.4) is 0 Å². The van der Waals surface area contributed by atoms with Crippen molar-refractivity contribution < 1.29 is 9.32 Å². The summed E-state index contributed by atoms with van der Waals surface area (Å²) in [6, 6.07) is 10.9. The Morgan fingerprint density at radius 1 is 1.19 bits per heavy atom. The molecule has 0 unspecified atom stereocenters. The molecule has 3 rings (SSSR count). The number of ketones is 1. The van der Waals surface area contributed by atoms with Crippen LogP contribution in [-0.2, 0) is 6.42 Å². The van der Waals surface area contributed by atoms with Crippen LogP contribution in [-0.4, -0.2) is 20.9 Å². The summed E-state index contributed by atoms with van der Waals surface area (Å²) in [6.07, 6.45) is 3.39.